The smallest absolute Gasteiger partial charge is 0.353 e. The number of carboxylic acids is 1. The van der Waals surface area contributed by atoms with Gasteiger partial charge in [0, 0.05) is 6.42 Å². The predicted molar refractivity (Wildman–Crippen MR) is 62.8 cm³/mol. The van der Waals surface area contributed by atoms with E-state index in [0.29, 0.717) is 6.42 Å². The van der Waals surface area contributed by atoms with Crippen LogP contribution >= 0.6 is 0 Å². The Kier molecular flexibility index (Phi) is 5.16. The van der Waals surface area contributed by atoms with Gasteiger partial charge in [0.1, 0.15) is 6.61 Å². The molecule has 92 valence electrons. The number of aliphatic carboxylic acids is 1. The molecule has 0 spiro atoms. The van der Waals surface area contributed by atoms with Crippen molar-refractivity contribution in [3.8, 4) is 0 Å². The summed E-state index contributed by atoms with van der Waals surface area (Å²) in [6.45, 7) is 1.30. The van der Waals surface area contributed by atoms with Crippen molar-refractivity contribution in [1.82, 2.24) is 0 Å². The summed E-state index contributed by atoms with van der Waals surface area (Å²) in [5, 5.41) is 21.5. The minimum atomic E-state index is -1.14. The molecule has 5 heteroatoms. The predicted octanol–water partition coefficient (Wildman–Crippen LogP) is 1.07. The van der Waals surface area contributed by atoms with E-state index in [1.54, 1.807) is 0 Å². The first kappa shape index (κ1) is 13.2. The molecule has 0 aliphatic rings. The van der Waals surface area contributed by atoms with Gasteiger partial charge in [-0.05, 0) is 12.5 Å². The molecule has 0 amide bonds. The van der Waals surface area contributed by atoms with Crippen LogP contribution in [0.4, 0.5) is 0 Å². The normalized spacial score (nSPS) is 13.2. The Bertz CT molecular complexity index is 389. The van der Waals surface area contributed by atoms with Crippen LogP contribution in [0.5, 0.6) is 0 Å². The van der Waals surface area contributed by atoms with Gasteiger partial charge in [-0.25, -0.2) is 4.79 Å². The standard InChI is InChI=1S/C12H15NO4/c1-9(12(15)16)13-17-8-11(14)7-10-5-3-2-4-6-10/h2-6,11,14H,7-8H2,1H3,(H,15,16)/b13-9+. The summed E-state index contributed by atoms with van der Waals surface area (Å²) < 4.78 is 0. The second kappa shape index (κ2) is 6.65. The van der Waals surface area contributed by atoms with Crippen molar-refractivity contribution in [3.63, 3.8) is 0 Å². The number of hydrogen-bond acceptors (Lipinski definition) is 4. The average Bonchev–Trinajstić information content (AvgIpc) is 2.30. The summed E-state index contributed by atoms with van der Waals surface area (Å²) in [5.74, 6) is -1.14. The lowest BCUT2D eigenvalue weighted by Gasteiger charge is -2.09. The Morgan fingerprint density at radius 2 is 2.06 bits per heavy atom. The van der Waals surface area contributed by atoms with Crippen LogP contribution in [0.1, 0.15) is 12.5 Å². The third kappa shape index (κ3) is 5.12. The molecule has 0 saturated carbocycles. The summed E-state index contributed by atoms with van der Waals surface area (Å²) in [6.07, 6.45) is -0.259. The maximum Gasteiger partial charge on any atom is 0.353 e. The fourth-order valence-electron chi connectivity index (χ4n) is 1.20. The first-order valence-corrected chi connectivity index (χ1v) is 5.21. The molecule has 2 N–H and O–H groups in total. The van der Waals surface area contributed by atoms with Crippen LogP contribution in [0.3, 0.4) is 0 Å². The third-order valence-electron chi connectivity index (χ3n) is 2.09. The van der Waals surface area contributed by atoms with Crippen LogP contribution < -0.4 is 0 Å². The summed E-state index contributed by atoms with van der Waals surface area (Å²) >= 11 is 0. The largest absolute Gasteiger partial charge is 0.477 e. The molecule has 0 fully saturated rings. The first-order valence-electron chi connectivity index (χ1n) is 5.21. The van der Waals surface area contributed by atoms with E-state index in [0.717, 1.165) is 5.56 Å². The van der Waals surface area contributed by atoms with Gasteiger partial charge >= 0.3 is 5.97 Å². The van der Waals surface area contributed by atoms with E-state index in [-0.39, 0.29) is 12.3 Å². The number of carboxylic acid groups (broad SMARTS) is 1. The summed E-state index contributed by atoms with van der Waals surface area (Å²) in [7, 11) is 0. The van der Waals surface area contributed by atoms with Crippen LogP contribution in [0.25, 0.3) is 0 Å². The van der Waals surface area contributed by atoms with Crippen molar-refractivity contribution in [2.45, 2.75) is 19.4 Å². The summed E-state index contributed by atoms with van der Waals surface area (Å²) in [4.78, 5) is 15.1. The van der Waals surface area contributed by atoms with E-state index in [9.17, 15) is 9.90 Å². The van der Waals surface area contributed by atoms with Gasteiger partial charge in [0.25, 0.3) is 0 Å². The second-order valence-corrected chi connectivity index (χ2v) is 3.62. The van der Waals surface area contributed by atoms with E-state index < -0.39 is 12.1 Å². The van der Waals surface area contributed by atoms with E-state index in [2.05, 4.69) is 5.16 Å². The number of aliphatic hydroxyl groups is 1. The molecule has 0 aromatic heterocycles. The fraction of sp³-hybridized carbons (Fsp3) is 0.333. The minimum absolute atomic E-state index is 0.0283. The molecular weight excluding hydrogens is 222 g/mol. The SMILES string of the molecule is C/C(=N\OCC(O)Cc1ccccc1)C(=O)O. The van der Waals surface area contributed by atoms with E-state index in [1.807, 2.05) is 30.3 Å². The molecule has 0 heterocycles. The highest BCUT2D eigenvalue weighted by Gasteiger charge is 2.07. The zero-order chi connectivity index (χ0) is 12.7. The fourth-order valence-corrected chi connectivity index (χ4v) is 1.20. The van der Waals surface area contributed by atoms with E-state index in [4.69, 9.17) is 9.94 Å². The zero-order valence-corrected chi connectivity index (χ0v) is 9.54. The Morgan fingerprint density at radius 1 is 1.41 bits per heavy atom. The van der Waals surface area contributed by atoms with Crippen LogP contribution in [-0.4, -0.2) is 34.6 Å². The van der Waals surface area contributed by atoms with Crippen LogP contribution in [0.15, 0.2) is 35.5 Å². The number of benzene rings is 1. The lowest BCUT2D eigenvalue weighted by molar-refractivity contribution is -0.129. The molecule has 1 aromatic rings. The number of carbonyl (C=O) groups is 1. The van der Waals surface area contributed by atoms with Crippen LogP contribution in [-0.2, 0) is 16.1 Å². The van der Waals surface area contributed by atoms with Crippen molar-refractivity contribution in [2.24, 2.45) is 5.16 Å². The molecular formula is C12H15NO4. The average molecular weight is 237 g/mol. The van der Waals surface area contributed by atoms with Crippen molar-refractivity contribution in [3.05, 3.63) is 35.9 Å². The highest BCUT2D eigenvalue weighted by Crippen LogP contribution is 2.03. The van der Waals surface area contributed by atoms with Gasteiger partial charge in [0.15, 0.2) is 5.71 Å². The van der Waals surface area contributed by atoms with E-state index in [1.165, 1.54) is 6.92 Å². The monoisotopic (exact) mass is 237 g/mol. The molecule has 5 nitrogen and oxygen atoms in total. The Labute approximate surface area is 99.3 Å². The number of oxime groups is 1. The molecule has 1 unspecified atom stereocenters. The van der Waals surface area contributed by atoms with Crippen LogP contribution in [0.2, 0.25) is 0 Å². The lowest BCUT2D eigenvalue weighted by Crippen LogP contribution is -2.18. The maximum atomic E-state index is 10.4. The van der Waals surface area contributed by atoms with Gasteiger partial charge in [0.05, 0.1) is 6.10 Å². The molecule has 17 heavy (non-hydrogen) atoms. The van der Waals surface area contributed by atoms with Gasteiger partial charge in [-0.1, -0.05) is 35.5 Å². The minimum Gasteiger partial charge on any atom is -0.477 e. The Morgan fingerprint density at radius 3 is 2.65 bits per heavy atom. The third-order valence-corrected chi connectivity index (χ3v) is 2.09. The van der Waals surface area contributed by atoms with Crippen LogP contribution in [0, 0.1) is 0 Å². The second-order valence-electron chi connectivity index (χ2n) is 3.62. The van der Waals surface area contributed by atoms with Crippen molar-refractivity contribution in [2.75, 3.05) is 6.61 Å². The molecule has 1 atom stereocenters. The van der Waals surface area contributed by atoms with Gasteiger partial charge in [0.2, 0.25) is 0 Å². The highest BCUT2D eigenvalue weighted by atomic mass is 16.6. The number of hydrogen-bond donors (Lipinski definition) is 2. The molecule has 0 aliphatic carbocycles. The van der Waals surface area contributed by atoms with Crippen molar-refractivity contribution < 1.29 is 19.8 Å². The molecule has 0 saturated heterocycles. The Hall–Kier alpha value is -1.88. The van der Waals surface area contributed by atoms with E-state index >= 15 is 0 Å². The quantitative estimate of drug-likeness (QED) is 0.573. The van der Waals surface area contributed by atoms with Gasteiger partial charge in [-0.15, -0.1) is 0 Å². The number of rotatable bonds is 6. The van der Waals surface area contributed by atoms with Crippen molar-refractivity contribution >= 4 is 11.7 Å². The molecule has 1 rings (SSSR count). The Balaban J connectivity index is 2.34. The van der Waals surface area contributed by atoms with Gasteiger partial charge in [-0.3, -0.25) is 0 Å². The highest BCUT2D eigenvalue weighted by molar-refractivity contribution is 6.34. The summed E-state index contributed by atoms with van der Waals surface area (Å²) in [6, 6.07) is 9.46. The lowest BCUT2D eigenvalue weighted by atomic mass is 10.1. The molecule has 0 radical (unpaired) electrons. The molecule has 0 bridgehead atoms. The van der Waals surface area contributed by atoms with Gasteiger partial charge in [-0.2, -0.15) is 0 Å². The summed E-state index contributed by atoms with van der Waals surface area (Å²) in [5.41, 5.74) is 0.847. The number of aliphatic hydroxyl groups excluding tert-OH is 1. The molecule has 1 aromatic carbocycles. The van der Waals surface area contributed by atoms with Crippen molar-refractivity contribution in [1.29, 1.82) is 0 Å². The maximum absolute atomic E-state index is 10.4. The first-order chi connectivity index (χ1) is 8.09. The topological polar surface area (TPSA) is 79.1 Å². The molecule has 0 aliphatic heterocycles. The van der Waals surface area contributed by atoms with Gasteiger partial charge < -0.3 is 15.1 Å². The number of nitrogens with zero attached hydrogens (tertiary/aromatic N) is 1. The zero-order valence-electron chi connectivity index (χ0n) is 9.54.